The molecule has 0 radical (unpaired) electrons. The van der Waals surface area contributed by atoms with E-state index in [1.165, 1.54) is 6.07 Å². The molecule has 0 amide bonds. The van der Waals surface area contributed by atoms with E-state index in [9.17, 15) is 8.42 Å². The van der Waals surface area contributed by atoms with E-state index >= 15 is 0 Å². The fourth-order valence-electron chi connectivity index (χ4n) is 1.51. The Bertz CT molecular complexity index is 657. The average Bonchev–Trinajstić information content (AvgIpc) is 2.86. The second kappa shape index (κ2) is 4.94. The molecule has 2 rings (SSSR count). The van der Waals surface area contributed by atoms with Crippen LogP contribution < -0.4 is 10.5 Å². The predicted molar refractivity (Wildman–Crippen MR) is 68.5 cm³/mol. The van der Waals surface area contributed by atoms with Gasteiger partial charge in [-0.25, -0.2) is 13.1 Å². The zero-order valence-corrected chi connectivity index (χ0v) is 11.3. The number of aryl methyl sites for hydroxylation is 1. The fourth-order valence-corrected chi connectivity index (χ4v) is 2.61. The van der Waals surface area contributed by atoms with E-state index in [4.69, 9.17) is 5.73 Å². The Labute approximate surface area is 110 Å². The second-order valence-corrected chi connectivity index (χ2v) is 5.87. The number of aromatic amines is 1. The second-order valence-electron chi connectivity index (χ2n) is 4.11. The Kier molecular flexibility index (Phi) is 3.49. The number of nitrogens with one attached hydrogen (secondary N) is 2. The van der Waals surface area contributed by atoms with E-state index in [0.717, 1.165) is 11.1 Å². The molecule has 0 saturated carbocycles. The van der Waals surface area contributed by atoms with Crippen molar-refractivity contribution in [1.82, 2.24) is 25.3 Å². The summed E-state index contributed by atoms with van der Waals surface area (Å²) in [5.41, 5.74) is 7.91. The maximum Gasteiger partial charge on any atom is 0.241 e. The molecule has 102 valence electrons. The van der Waals surface area contributed by atoms with Crippen LogP contribution in [-0.4, -0.2) is 29.0 Å². The summed E-state index contributed by atoms with van der Waals surface area (Å²) in [4.78, 5) is 0.122. The number of hydrogen-bond acceptors (Lipinski definition) is 6. The number of anilines is 1. The van der Waals surface area contributed by atoms with Crippen LogP contribution in [0.1, 0.15) is 17.0 Å². The lowest BCUT2D eigenvalue weighted by molar-refractivity contribution is 0.579. The number of tetrazole rings is 1. The minimum Gasteiger partial charge on any atom is -0.398 e. The molecule has 4 N–H and O–H groups in total. The van der Waals surface area contributed by atoms with Gasteiger partial charge in [0.15, 0.2) is 5.82 Å². The maximum atomic E-state index is 12.1. The first-order valence-electron chi connectivity index (χ1n) is 5.49. The summed E-state index contributed by atoms with van der Waals surface area (Å²) >= 11 is 0. The summed E-state index contributed by atoms with van der Waals surface area (Å²) in [5.74, 6) is 0.264. The lowest BCUT2D eigenvalue weighted by Gasteiger charge is -2.10. The van der Waals surface area contributed by atoms with Crippen LogP contribution >= 0.6 is 0 Å². The van der Waals surface area contributed by atoms with Crippen molar-refractivity contribution in [3.05, 3.63) is 29.1 Å². The first kappa shape index (κ1) is 13.4. The zero-order valence-electron chi connectivity index (χ0n) is 10.5. The molecule has 1 aromatic carbocycles. The van der Waals surface area contributed by atoms with E-state index in [1.54, 1.807) is 6.07 Å². The molecule has 1 aromatic heterocycles. The molecule has 0 bridgehead atoms. The van der Waals surface area contributed by atoms with Gasteiger partial charge in [0.1, 0.15) is 0 Å². The number of hydrogen-bond donors (Lipinski definition) is 3. The van der Waals surface area contributed by atoms with Crippen LogP contribution in [0.2, 0.25) is 0 Å². The molecule has 0 saturated heterocycles. The molecule has 1 heterocycles. The summed E-state index contributed by atoms with van der Waals surface area (Å²) in [5, 5.41) is 12.9. The van der Waals surface area contributed by atoms with Crippen molar-refractivity contribution in [2.45, 2.75) is 25.3 Å². The monoisotopic (exact) mass is 282 g/mol. The van der Waals surface area contributed by atoms with Gasteiger partial charge in [-0.2, -0.15) is 5.21 Å². The van der Waals surface area contributed by atoms with Crippen molar-refractivity contribution in [2.75, 3.05) is 5.73 Å². The number of nitrogen functional groups attached to an aromatic ring is 1. The molecule has 0 aliphatic rings. The molecule has 0 spiro atoms. The number of benzene rings is 1. The Morgan fingerprint density at radius 2 is 2.11 bits per heavy atom. The van der Waals surface area contributed by atoms with Crippen molar-refractivity contribution in [3.8, 4) is 0 Å². The first-order valence-corrected chi connectivity index (χ1v) is 6.97. The van der Waals surface area contributed by atoms with Crippen molar-refractivity contribution in [2.24, 2.45) is 0 Å². The van der Waals surface area contributed by atoms with Crippen LogP contribution in [-0.2, 0) is 16.6 Å². The summed E-state index contributed by atoms with van der Waals surface area (Å²) in [6.07, 6.45) is 0. The molecular weight excluding hydrogens is 268 g/mol. The fraction of sp³-hybridized carbons (Fsp3) is 0.300. The standard InChI is InChI=1S/C10H14N6O2S/c1-6-3-8(4-9(11)7(6)2)19(17,18)12-5-10-13-15-16-14-10/h3-4,12H,5,11H2,1-2H3,(H,13,14,15,16). The van der Waals surface area contributed by atoms with E-state index in [2.05, 4.69) is 25.3 Å². The lowest BCUT2D eigenvalue weighted by atomic mass is 10.1. The van der Waals surface area contributed by atoms with Crippen LogP contribution in [0.25, 0.3) is 0 Å². The quantitative estimate of drug-likeness (QED) is 0.671. The van der Waals surface area contributed by atoms with Gasteiger partial charge in [-0.05, 0) is 37.1 Å². The number of rotatable bonds is 4. The summed E-state index contributed by atoms with van der Waals surface area (Å²) < 4.78 is 26.6. The molecule has 0 atom stereocenters. The van der Waals surface area contributed by atoms with Crippen molar-refractivity contribution in [1.29, 1.82) is 0 Å². The molecule has 0 aliphatic carbocycles. The summed E-state index contributed by atoms with van der Waals surface area (Å²) in [7, 11) is -3.65. The highest BCUT2D eigenvalue weighted by atomic mass is 32.2. The van der Waals surface area contributed by atoms with Gasteiger partial charge in [-0.1, -0.05) is 5.21 Å². The van der Waals surface area contributed by atoms with Gasteiger partial charge in [0.25, 0.3) is 0 Å². The Morgan fingerprint density at radius 3 is 2.68 bits per heavy atom. The van der Waals surface area contributed by atoms with E-state index in [-0.39, 0.29) is 17.3 Å². The normalized spacial score (nSPS) is 11.7. The molecule has 9 heteroatoms. The van der Waals surface area contributed by atoms with Crippen molar-refractivity contribution < 1.29 is 8.42 Å². The van der Waals surface area contributed by atoms with Crippen LogP contribution in [0.4, 0.5) is 5.69 Å². The van der Waals surface area contributed by atoms with Gasteiger partial charge in [0.2, 0.25) is 10.0 Å². The SMILES string of the molecule is Cc1cc(S(=O)(=O)NCc2nn[nH]n2)cc(N)c1C. The average molecular weight is 282 g/mol. The molecule has 19 heavy (non-hydrogen) atoms. The summed E-state index contributed by atoms with van der Waals surface area (Å²) in [6, 6.07) is 3.01. The van der Waals surface area contributed by atoms with Crippen molar-refractivity contribution in [3.63, 3.8) is 0 Å². The van der Waals surface area contributed by atoms with Gasteiger partial charge in [0, 0.05) is 5.69 Å². The summed E-state index contributed by atoms with van der Waals surface area (Å²) in [6.45, 7) is 3.61. The third kappa shape index (κ3) is 2.88. The molecule has 0 fully saturated rings. The number of nitrogens with zero attached hydrogens (tertiary/aromatic N) is 3. The number of nitrogens with two attached hydrogens (primary N) is 1. The molecule has 2 aromatic rings. The van der Waals surface area contributed by atoms with Gasteiger partial charge in [-0.3, -0.25) is 0 Å². The third-order valence-electron chi connectivity index (χ3n) is 2.80. The molecular formula is C10H14N6O2S. The van der Waals surface area contributed by atoms with E-state index in [0.29, 0.717) is 5.69 Å². The highest BCUT2D eigenvalue weighted by molar-refractivity contribution is 7.89. The Balaban J connectivity index is 2.24. The molecule has 8 nitrogen and oxygen atoms in total. The Morgan fingerprint density at radius 1 is 1.37 bits per heavy atom. The van der Waals surface area contributed by atoms with Crippen LogP contribution in [0.15, 0.2) is 17.0 Å². The van der Waals surface area contributed by atoms with Crippen LogP contribution in [0, 0.1) is 13.8 Å². The lowest BCUT2D eigenvalue weighted by Crippen LogP contribution is -2.24. The number of sulfonamides is 1. The third-order valence-corrected chi connectivity index (χ3v) is 4.18. The van der Waals surface area contributed by atoms with Gasteiger partial charge < -0.3 is 5.73 Å². The Hall–Kier alpha value is -2.00. The minimum atomic E-state index is -3.65. The highest BCUT2D eigenvalue weighted by Gasteiger charge is 2.16. The van der Waals surface area contributed by atoms with Crippen LogP contribution in [0.5, 0.6) is 0 Å². The molecule has 0 unspecified atom stereocenters. The minimum absolute atomic E-state index is 0.0360. The van der Waals surface area contributed by atoms with Gasteiger partial charge >= 0.3 is 0 Å². The predicted octanol–water partition coefficient (Wildman–Crippen LogP) is -0.123. The number of H-pyrrole nitrogens is 1. The zero-order chi connectivity index (χ0) is 14.0. The van der Waals surface area contributed by atoms with E-state index in [1.807, 2.05) is 13.8 Å². The first-order chi connectivity index (χ1) is 8.90. The largest absolute Gasteiger partial charge is 0.398 e. The smallest absolute Gasteiger partial charge is 0.241 e. The van der Waals surface area contributed by atoms with Crippen molar-refractivity contribution >= 4 is 15.7 Å². The van der Waals surface area contributed by atoms with Crippen LogP contribution in [0.3, 0.4) is 0 Å². The topological polar surface area (TPSA) is 127 Å². The highest BCUT2D eigenvalue weighted by Crippen LogP contribution is 2.21. The number of aromatic nitrogens is 4. The molecule has 0 aliphatic heterocycles. The van der Waals surface area contributed by atoms with Gasteiger partial charge in [-0.15, -0.1) is 10.2 Å². The maximum absolute atomic E-state index is 12.1. The van der Waals surface area contributed by atoms with Gasteiger partial charge in [0.05, 0.1) is 11.4 Å². The van der Waals surface area contributed by atoms with E-state index < -0.39 is 10.0 Å².